The van der Waals surface area contributed by atoms with Crippen molar-refractivity contribution in [2.24, 2.45) is 0 Å². The van der Waals surface area contributed by atoms with Crippen molar-refractivity contribution in [3.05, 3.63) is 58.7 Å². The lowest BCUT2D eigenvalue weighted by Gasteiger charge is -2.32. The van der Waals surface area contributed by atoms with E-state index in [0.717, 1.165) is 32.2 Å². The summed E-state index contributed by atoms with van der Waals surface area (Å²) in [6, 6.07) is 9.22. The van der Waals surface area contributed by atoms with Gasteiger partial charge in [-0.15, -0.1) is 0 Å². The number of benzene rings is 2. The summed E-state index contributed by atoms with van der Waals surface area (Å²) in [6.45, 7) is 5.03. The van der Waals surface area contributed by atoms with Gasteiger partial charge in [0.1, 0.15) is 12.4 Å². The number of hydrogen-bond donors (Lipinski definition) is 2. The van der Waals surface area contributed by atoms with E-state index in [4.69, 9.17) is 15.9 Å². The van der Waals surface area contributed by atoms with E-state index < -0.39 is 11.7 Å². The molecule has 0 amide bonds. The van der Waals surface area contributed by atoms with E-state index in [0.29, 0.717) is 22.5 Å². The van der Waals surface area contributed by atoms with Crippen LogP contribution in [0.2, 0.25) is 0 Å². The maximum Gasteiger partial charge on any atom is 0.416 e. The predicted octanol–water partition coefficient (Wildman–Crippen LogP) is 3.85. The SMILES string of the molecule is CC(=N)c1ccc(C#CCOc2ccc(CN3CCN(C)CC3)c(C(F)(F)F)c2)cc1N. The van der Waals surface area contributed by atoms with Crippen molar-refractivity contribution in [3.8, 4) is 17.6 Å². The van der Waals surface area contributed by atoms with Crippen LogP contribution in [0.25, 0.3) is 0 Å². The second-order valence-electron chi connectivity index (χ2n) is 7.91. The second-order valence-corrected chi connectivity index (χ2v) is 7.91. The Bertz CT molecular complexity index is 1030. The molecule has 3 N–H and O–H groups in total. The summed E-state index contributed by atoms with van der Waals surface area (Å²) in [5, 5.41) is 7.65. The number of nitrogens with one attached hydrogen (secondary N) is 1. The van der Waals surface area contributed by atoms with E-state index in [-0.39, 0.29) is 24.5 Å². The van der Waals surface area contributed by atoms with Crippen LogP contribution >= 0.6 is 0 Å². The van der Waals surface area contributed by atoms with Gasteiger partial charge in [0.05, 0.1) is 5.56 Å². The lowest BCUT2D eigenvalue weighted by Crippen LogP contribution is -2.44. The summed E-state index contributed by atoms with van der Waals surface area (Å²) < 4.78 is 46.4. The van der Waals surface area contributed by atoms with E-state index >= 15 is 0 Å². The van der Waals surface area contributed by atoms with Crippen LogP contribution in [-0.2, 0) is 12.7 Å². The molecule has 1 aliphatic rings. The Labute approximate surface area is 186 Å². The monoisotopic (exact) mass is 444 g/mol. The molecule has 0 saturated carbocycles. The molecule has 0 aliphatic carbocycles. The minimum atomic E-state index is -4.46. The Kier molecular flexibility index (Phi) is 7.44. The summed E-state index contributed by atoms with van der Waals surface area (Å²) in [7, 11) is 2.01. The van der Waals surface area contributed by atoms with Crippen LogP contribution in [0.15, 0.2) is 36.4 Å². The fourth-order valence-electron chi connectivity index (χ4n) is 3.53. The first-order valence-corrected chi connectivity index (χ1v) is 10.3. The average Bonchev–Trinajstić information content (AvgIpc) is 2.72. The first-order chi connectivity index (χ1) is 15.1. The molecule has 3 rings (SSSR count). The smallest absolute Gasteiger partial charge is 0.416 e. The van der Waals surface area contributed by atoms with Crippen LogP contribution < -0.4 is 10.5 Å². The predicted molar refractivity (Wildman–Crippen MR) is 120 cm³/mol. The van der Waals surface area contributed by atoms with Crippen molar-refractivity contribution >= 4 is 11.4 Å². The van der Waals surface area contributed by atoms with Gasteiger partial charge in [0.15, 0.2) is 0 Å². The number of ether oxygens (including phenoxy) is 1. The van der Waals surface area contributed by atoms with Gasteiger partial charge in [0.2, 0.25) is 0 Å². The number of anilines is 1. The normalized spacial score (nSPS) is 15.2. The number of alkyl halides is 3. The molecule has 2 aromatic carbocycles. The van der Waals surface area contributed by atoms with Crippen LogP contribution in [-0.4, -0.2) is 55.3 Å². The van der Waals surface area contributed by atoms with Gasteiger partial charge < -0.3 is 20.8 Å². The third kappa shape index (κ3) is 6.25. The van der Waals surface area contributed by atoms with Gasteiger partial charge >= 0.3 is 6.18 Å². The second kappa shape index (κ2) is 10.1. The minimum Gasteiger partial charge on any atom is -0.481 e. The van der Waals surface area contributed by atoms with Gasteiger partial charge in [-0.25, -0.2) is 0 Å². The highest BCUT2D eigenvalue weighted by Crippen LogP contribution is 2.35. The largest absolute Gasteiger partial charge is 0.481 e. The lowest BCUT2D eigenvalue weighted by molar-refractivity contribution is -0.138. The minimum absolute atomic E-state index is 0.0552. The van der Waals surface area contributed by atoms with E-state index in [1.165, 1.54) is 6.07 Å². The number of hydrogen-bond acceptors (Lipinski definition) is 5. The summed E-state index contributed by atoms with van der Waals surface area (Å²) in [5.41, 5.74) is 7.59. The molecule has 0 spiro atoms. The summed E-state index contributed by atoms with van der Waals surface area (Å²) >= 11 is 0. The number of nitrogens with two attached hydrogens (primary N) is 1. The number of nitrogen functional groups attached to an aromatic ring is 1. The van der Waals surface area contributed by atoms with Crippen LogP contribution in [0, 0.1) is 17.3 Å². The number of halogens is 3. The Hall–Kier alpha value is -3.02. The highest BCUT2D eigenvalue weighted by atomic mass is 19.4. The average molecular weight is 445 g/mol. The molecule has 0 atom stereocenters. The third-order valence-corrected chi connectivity index (χ3v) is 5.38. The molecule has 1 heterocycles. The van der Waals surface area contributed by atoms with Gasteiger partial charge in [0.25, 0.3) is 0 Å². The van der Waals surface area contributed by atoms with Gasteiger partial charge in [-0.1, -0.05) is 17.9 Å². The maximum atomic E-state index is 13.6. The van der Waals surface area contributed by atoms with Gasteiger partial charge in [-0.2, -0.15) is 13.2 Å². The van der Waals surface area contributed by atoms with Gasteiger partial charge in [0, 0.05) is 55.2 Å². The zero-order valence-electron chi connectivity index (χ0n) is 18.2. The van der Waals surface area contributed by atoms with Crippen molar-refractivity contribution in [2.75, 3.05) is 45.6 Å². The number of likely N-dealkylation sites (N-methyl/N-ethyl adjacent to an activating group) is 1. The van der Waals surface area contributed by atoms with Crippen LogP contribution in [0.4, 0.5) is 18.9 Å². The number of piperazine rings is 1. The standard InChI is InChI=1S/C24H27F3N4O/c1-17(28)21-8-5-18(14-23(21)29)4-3-13-32-20-7-6-19(22(15-20)24(25,26)27)16-31-11-9-30(2)10-12-31/h5-8,14-15,28H,9-13,16,29H2,1-2H3. The van der Waals surface area contributed by atoms with Gasteiger partial charge in [-0.05, 0) is 49.9 Å². The first-order valence-electron chi connectivity index (χ1n) is 10.3. The summed E-state index contributed by atoms with van der Waals surface area (Å²) in [5.74, 6) is 5.80. The molecule has 1 aliphatic heterocycles. The Morgan fingerprint density at radius 2 is 1.84 bits per heavy atom. The summed E-state index contributed by atoms with van der Waals surface area (Å²) in [6.07, 6.45) is -4.46. The fraction of sp³-hybridized carbons (Fsp3) is 0.375. The lowest BCUT2D eigenvalue weighted by atomic mass is 10.1. The zero-order valence-corrected chi connectivity index (χ0v) is 18.2. The topological polar surface area (TPSA) is 65.6 Å². The van der Waals surface area contributed by atoms with Gasteiger partial charge in [-0.3, -0.25) is 4.90 Å². The van der Waals surface area contributed by atoms with Crippen LogP contribution in [0.1, 0.15) is 29.2 Å². The Morgan fingerprint density at radius 3 is 2.47 bits per heavy atom. The van der Waals surface area contributed by atoms with Crippen LogP contribution in [0.5, 0.6) is 5.75 Å². The highest BCUT2D eigenvalue weighted by molar-refractivity contribution is 6.01. The molecule has 0 bridgehead atoms. The third-order valence-electron chi connectivity index (χ3n) is 5.38. The molecule has 0 aromatic heterocycles. The summed E-state index contributed by atoms with van der Waals surface area (Å²) in [4.78, 5) is 4.20. The highest BCUT2D eigenvalue weighted by Gasteiger charge is 2.34. The Balaban J connectivity index is 1.67. The molecule has 5 nitrogen and oxygen atoms in total. The maximum absolute atomic E-state index is 13.6. The van der Waals surface area contributed by atoms with Crippen molar-refractivity contribution in [2.45, 2.75) is 19.6 Å². The molecule has 170 valence electrons. The quantitative estimate of drug-likeness (QED) is 0.418. The van der Waals surface area contributed by atoms with Crippen molar-refractivity contribution < 1.29 is 17.9 Å². The molecule has 1 saturated heterocycles. The molecule has 1 fully saturated rings. The van der Waals surface area contributed by atoms with Crippen molar-refractivity contribution in [3.63, 3.8) is 0 Å². The molecule has 8 heteroatoms. The number of rotatable bonds is 5. The molecule has 2 aromatic rings. The van der Waals surface area contributed by atoms with Crippen molar-refractivity contribution in [1.29, 1.82) is 5.41 Å². The molecule has 0 radical (unpaired) electrons. The molecular formula is C24H27F3N4O. The van der Waals surface area contributed by atoms with E-state index in [9.17, 15) is 13.2 Å². The van der Waals surface area contributed by atoms with E-state index in [1.807, 2.05) is 11.9 Å². The fourth-order valence-corrected chi connectivity index (χ4v) is 3.53. The van der Waals surface area contributed by atoms with Crippen molar-refractivity contribution in [1.82, 2.24) is 9.80 Å². The zero-order chi connectivity index (χ0) is 23.3. The Morgan fingerprint density at radius 1 is 1.12 bits per heavy atom. The molecule has 32 heavy (non-hydrogen) atoms. The van der Waals surface area contributed by atoms with E-state index in [1.54, 1.807) is 31.2 Å². The van der Waals surface area contributed by atoms with E-state index in [2.05, 4.69) is 16.7 Å². The molecular weight excluding hydrogens is 417 g/mol. The van der Waals surface area contributed by atoms with Crippen LogP contribution in [0.3, 0.4) is 0 Å². The molecule has 0 unspecified atom stereocenters. The first kappa shape index (κ1) is 23.6. The number of nitrogens with zero attached hydrogens (tertiary/aromatic N) is 2.